The highest BCUT2D eigenvalue weighted by atomic mass is 16.5. The number of phenols is 1. The minimum absolute atomic E-state index is 0.0806. The van der Waals surface area contributed by atoms with Crippen molar-refractivity contribution >= 4 is 5.78 Å². The first kappa shape index (κ1) is 12.6. The van der Waals surface area contributed by atoms with Gasteiger partial charge in [-0.3, -0.25) is 4.79 Å². The molecule has 0 radical (unpaired) electrons. The molecule has 1 rings (SSSR count). The van der Waals surface area contributed by atoms with Gasteiger partial charge in [0.05, 0.1) is 12.7 Å². The van der Waals surface area contributed by atoms with Gasteiger partial charge in [0, 0.05) is 0 Å². The summed E-state index contributed by atoms with van der Waals surface area (Å²) < 4.78 is 5.07. The van der Waals surface area contributed by atoms with Crippen LogP contribution in [0.1, 0.15) is 43.6 Å². The van der Waals surface area contributed by atoms with Crippen molar-refractivity contribution in [3.05, 3.63) is 23.3 Å². The number of carbonyl (C=O) groups excluding carboxylic acids is 1. The Hall–Kier alpha value is -1.51. The van der Waals surface area contributed by atoms with Gasteiger partial charge in [-0.1, -0.05) is 20.8 Å². The molecule has 0 saturated heterocycles. The van der Waals surface area contributed by atoms with Gasteiger partial charge in [-0.05, 0) is 30.0 Å². The van der Waals surface area contributed by atoms with E-state index in [1.807, 2.05) is 20.8 Å². The van der Waals surface area contributed by atoms with Gasteiger partial charge >= 0.3 is 0 Å². The first-order valence-corrected chi connectivity index (χ1v) is 5.19. The molecule has 0 saturated carbocycles. The van der Waals surface area contributed by atoms with Crippen LogP contribution in [-0.4, -0.2) is 18.0 Å². The van der Waals surface area contributed by atoms with Gasteiger partial charge in [-0.2, -0.15) is 0 Å². The Morgan fingerprint density at radius 2 is 1.88 bits per heavy atom. The largest absolute Gasteiger partial charge is 0.504 e. The van der Waals surface area contributed by atoms with Crippen LogP contribution in [-0.2, 0) is 5.41 Å². The Balaban J connectivity index is 3.46. The van der Waals surface area contributed by atoms with Gasteiger partial charge in [0.1, 0.15) is 0 Å². The van der Waals surface area contributed by atoms with Gasteiger partial charge in [0.15, 0.2) is 17.3 Å². The zero-order valence-electron chi connectivity index (χ0n) is 10.4. The minimum atomic E-state index is -0.165. The molecule has 1 aromatic rings. The number of ether oxygens (including phenoxy) is 1. The number of hydrogen-bond acceptors (Lipinski definition) is 3. The van der Waals surface area contributed by atoms with Crippen LogP contribution in [0.2, 0.25) is 0 Å². The predicted octanol–water partition coefficient (Wildman–Crippen LogP) is 2.90. The van der Waals surface area contributed by atoms with Crippen LogP contribution < -0.4 is 4.74 Å². The van der Waals surface area contributed by atoms with E-state index in [1.54, 1.807) is 12.1 Å². The highest BCUT2D eigenvalue weighted by Crippen LogP contribution is 2.35. The number of rotatable bonds is 2. The number of methoxy groups -OCH3 is 1. The fourth-order valence-corrected chi connectivity index (χ4v) is 1.46. The number of benzene rings is 1. The Bertz CT molecular complexity index is 414. The second-order valence-corrected chi connectivity index (χ2v) is 4.88. The molecule has 0 aliphatic heterocycles. The maximum absolute atomic E-state index is 11.4. The third kappa shape index (κ3) is 2.35. The van der Waals surface area contributed by atoms with E-state index < -0.39 is 0 Å². The molecule has 1 N–H and O–H groups in total. The number of phenolic OH excluding ortho intramolecular Hbond substituents is 1. The van der Waals surface area contributed by atoms with Crippen molar-refractivity contribution in [1.82, 2.24) is 0 Å². The standard InChI is InChI=1S/C13H18O3/c1-8(14)10-6-9(13(2,3)4)7-11(16-5)12(10)15/h6-7,15H,1-5H3. The lowest BCUT2D eigenvalue weighted by molar-refractivity contribution is 0.101. The Morgan fingerprint density at radius 3 is 2.25 bits per heavy atom. The molecule has 1 aromatic carbocycles. The first-order chi connectivity index (χ1) is 7.27. The number of ketones is 1. The number of aromatic hydroxyl groups is 1. The van der Waals surface area contributed by atoms with E-state index in [2.05, 4.69) is 0 Å². The number of Topliss-reactive ketones (excluding diaryl/α,β-unsaturated/α-hetero) is 1. The van der Waals surface area contributed by atoms with Gasteiger partial charge in [-0.15, -0.1) is 0 Å². The summed E-state index contributed by atoms with van der Waals surface area (Å²) in [6.45, 7) is 7.56. The average Bonchev–Trinajstić information content (AvgIpc) is 2.15. The van der Waals surface area contributed by atoms with Gasteiger partial charge < -0.3 is 9.84 Å². The second-order valence-electron chi connectivity index (χ2n) is 4.88. The molecule has 0 atom stereocenters. The topological polar surface area (TPSA) is 46.5 Å². The summed E-state index contributed by atoms with van der Waals surface area (Å²) in [7, 11) is 1.48. The molecule has 0 amide bonds. The molecule has 0 aliphatic carbocycles. The van der Waals surface area contributed by atoms with Gasteiger partial charge in [-0.25, -0.2) is 0 Å². The summed E-state index contributed by atoms with van der Waals surface area (Å²) in [5, 5.41) is 9.80. The highest BCUT2D eigenvalue weighted by molar-refractivity contribution is 5.97. The van der Waals surface area contributed by atoms with Crippen molar-refractivity contribution < 1.29 is 14.6 Å². The molecule has 3 heteroatoms. The Morgan fingerprint density at radius 1 is 1.31 bits per heavy atom. The SMILES string of the molecule is COc1cc(C(C)(C)C)cc(C(C)=O)c1O. The lowest BCUT2D eigenvalue weighted by Gasteiger charge is -2.21. The van der Waals surface area contributed by atoms with E-state index in [4.69, 9.17) is 4.74 Å². The van der Waals surface area contributed by atoms with E-state index in [0.717, 1.165) is 5.56 Å². The Kier molecular flexibility index (Phi) is 3.27. The highest BCUT2D eigenvalue weighted by Gasteiger charge is 2.20. The molecule has 3 nitrogen and oxygen atoms in total. The quantitative estimate of drug-likeness (QED) is 0.782. The molecule has 0 aliphatic rings. The van der Waals surface area contributed by atoms with Crippen LogP contribution in [0.25, 0.3) is 0 Å². The average molecular weight is 222 g/mol. The third-order valence-corrected chi connectivity index (χ3v) is 2.54. The molecule has 0 aromatic heterocycles. The molecule has 0 fully saturated rings. The maximum Gasteiger partial charge on any atom is 0.168 e. The smallest absolute Gasteiger partial charge is 0.168 e. The van der Waals surface area contributed by atoms with Crippen molar-refractivity contribution in [3.8, 4) is 11.5 Å². The van der Waals surface area contributed by atoms with E-state index in [1.165, 1.54) is 14.0 Å². The van der Waals surface area contributed by atoms with E-state index in [9.17, 15) is 9.90 Å². The van der Waals surface area contributed by atoms with Crippen molar-refractivity contribution in [1.29, 1.82) is 0 Å². The van der Waals surface area contributed by atoms with E-state index in [0.29, 0.717) is 11.3 Å². The monoisotopic (exact) mass is 222 g/mol. The van der Waals surface area contributed by atoms with Crippen LogP contribution in [0, 0.1) is 0 Å². The van der Waals surface area contributed by atoms with Crippen molar-refractivity contribution in [2.24, 2.45) is 0 Å². The zero-order chi connectivity index (χ0) is 12.5. The summed E-state index contributed by atoms with van der Waals surface area (Å²) in [5.41, 5.74) is 1.18. The lowest BCUT2D eigenvalue weighted by Crippen LogP contribution is -2.12. The minimum Gasteiger partial charge on any atom is -0.504 e. The van der Waals surface area contributed by atoms with Crippen LogP contribution in [0.4, 0.5) is 0 Å². The predicted molar refractivity (Wildman–Crippen MR) is 63.4 cm³/mol. The molecule has 0 bridgehead atoms. The number of carbonyl (C=O) groups is 1. The zero-order valence-corrected chi connectivity index (χ0v) is 10.4. The van der Waals surface area contributed by atoms with E-state index in [-0.39, 0.29) is 16.9 Å². The molecule has 0 unspecified atom stereocenters. The summed E-state index contributed by atoms with van der Waals surface area (Å²) in [4.78, 5) is 11.4. The van der Waals surface area contributed by atoms with Crippen molar-refractivity contribution in [2.45, 2.75) is 33.1 Å². The summed E-state index contributed by atoms with van der Waals surface area (Å²) >= 11 is 0. The fraction of sp³-hybridized carbons (Fsp3) is 0.462. The lowest BCUT2D eigenvalue weighted by atomic mass is 9.85. The molecule has 88 valence electrons. The molecule has 0 spiro atoms. The van der Waals surface area contributed by atoms with E-state index >= 15 is 0 Å². The molecular formula is C13H18O3. The van der Waals surface area contributed by atoms with Crippen LogP contribution in [0.5, 0.6) is 11.5 Å². The maximum atomic E-state index is 11.4. The van der Waals surface area contributed by atoms with Gasteiger partial charge in [0.25, 0.3) is 0 Å². The first-order valence-electron chi connectivity index (χ1n) is 5.19. The van der Waals surface area contributed by atoms with Crippen LogP contribution in [0.3, 0.4) is 0 Å². The molecule has 16 heavy (non-hydrogen) atoms. The van der Waals surface area contributed by atoms with Crippen molar-refractivity contribution in [2.75, 3.05) is 7.11 Å². The Labute approximate surface area is 96.1 Å². The second kappa shape index (κ2) is 4.16. The van der Waals surface area contributed by atoms with Crippen LogP contribution >= 0.6 is 0 Å². The molecule has 0 heterocycles. The summed E-state index contributed by atoms with van der Waals surface area (Å²) in [6.07, 6.45) is 0. The van der Waals surface area contributed by atoms with Gasteiger partial charge in [0.2, 0.25) is 0 Å². The number of hydrogen-bond donors (Lipinski definition) is 1. The van der Waals surface area contributed by atoms with Crippen molar-refractivity contribution in [3.63, 3.8) is 0 Å². The third-order valence-electron chi connectivity index (χ3n) is 2.54. The summed E-state index contributed by atoms with van der Waals surface area (Å²) in [6, 6.07) is 3.49. The fourth-order valence-electron chi connectivity index (χ4n) is 1.46. The van der Waals surface area contributed by atoms with Crippen LogP contribution in [0.15, 0.2) is 12.1 Å². The molecular weight excluding hydrogens is 204 g/mol. The summed E-state index contributed by atoms with van der Waals surface area (Å²) in [5.74, 6) is 0.0996. The normalized spacial score (nSPS) is 11.3.